The van der Waals surface area contributed by atoms with Gasteiger partial charge in [-0.25, -0.2) is 4.39 Å². The van der Waals surface area contributed by atoms with Crippen LogP contribution in [-0.4, -0.2) is 35.2 Å². The molecule has 2 heterocycles. The summed E-state index contributed by atoms with van der Waals surface area (Å²) in [5, 5.41) is 4.09. The molecule has 0 radical (unpaired) electrons. The molecule has 3 rings (SSSR count). The summed E-state index contributed by atoms with van der Waals surface area (Å²) in [6.07, 6.45) is 4.67. The Morgan fingerprint density at radius 2 is 2.09 bits per heavy atom. The van der Waals surface area contributed by atoms with E-state index in [4.69, 9.17) is 4.52 Å². The van der Waals surface area contributed by atoms with Gasteiger partial charge in [-0.2, -0.15) is 4.98 Å². The number of benzene rings is 1. The highest BCUT2D eigenvalue weighted by Crippen LogP contribution is 2.19. The second kappa shape index (κ2) is 7.01. The maximum absolute atomic E-state index is 13.1. The Morgan fingerprint density at radius 1 is 1.27 bits per heavy atom. The first-order valence-electron chi connectivity index (χ1n) is 7.93. The van der Waals surface area contributed by atoms with E-state index in [1.807, 2.05) is 6.07 Å². The third kappa shape index (κ3) is 4.13. The molecule has 1 aromatic carbocycles. The normalized spacial score (nSPS) is 17.0. The molecule has 1 aromatic heterocycles. The molecule has 1 fully saturated rings. The number of hydrogen-bond acceptors (Lipinski definition) is 4. The fourth-order valence-corrected chi connectivity index (χ4v) is 2.94. The average molecular weight is 303 g/mol. The number of aryl methyl sites for hydroxylation is 2. The molecule has 0 amide bonds. The first-order chi connectivity index (χ1) is 10.7. The zero-order chi connectivity index (χ0) is 15.4. The standard InChI is InChI=1S/C17H22FN3O/c1-21-9-7-14(8-10-21)12-16-19-17(22-20-16)6-5-13-3-2-4-15(18)11-13/h2-4,11,14H,5-10,12H2,1H3. The van der Waals surface area contributed by atoms with Crippen LogP contribution in [-0.2, 0) is 19.3 Å². The topological polar surface area (TPSA) is 42.2 Å². The highest BCUT2D eigenvalue weighted by molar-refractivity contribution is 5.16. The summed E-state index contributed by atoms with van der Waals surface area (Å²) >= 11 is 0. The van der Waals surface area contributed by atoms with Gasteiger partial charge in [-0.05, 0) is 63.0 Å². The maximum Gasteiger partial charge on any atom is 0.226 e. The fraction of sp³-hybridized carbons (Fsp3) is 0.529. The summed E-state index contributed by atoms with van der Waals surface area (Å²) in [6, 6.07) is 6.65. The summed E-state index contributed by atoms with van der Waals surface area (Å²) in [4.78, 5) is 6.83. The van der Waals surface area contributed by atoms with Gasteiger partial charge in [0.2, 0.25) is 5.89 Å². The molecule has 4 nitrogen and oxygen atoms in total. The maximum atomic E-state index is 13.1. The summed E-state index contributed by atoms with van der Waals surface area (Å²) < 4.78 is 18.4. The summed E-state index contributed by atoms with van der Waals surface area (Å²) in [5.41, 5.74) is 0.954. The number of aromatic nitrogens is 2. The van der Waals surface area contributed by atoms with Crippen molar-refractivity contribution in [3.05, 3.63) is 47.4 Å². The van der Waals surface area contributed by atoms with E-state index in [0.29, 0.717) is 24.7 Å². The van der Waals surface area contributed by atoms with Crippen LogP contribution < -0.4 is 0 Å². The Labute approximate surface area is 130 Å². The Bertz CT molecular complexity index is 605. The molecule has 0 N–H and O–H groups in total. The molecule has 0 spiro atoms. The van der Waals surface area contributed by atoms with Crippen molar-refractivity contribution in [3.63, 3.8) is 0 Å². The molecular weight excluding hydrogens is 281 g/mol. The quantitative estimate of drug-likeness (QED) is 0.852. The van der Waals surface area contributed by atoms with Gasteiger partial charge in [0.25, 0.3) is 0 Å². The molecule has 1 saturated heterocycles. The minimum Gasteiger partial charge on any atom is -0.339 e. The average Bonchev–Trinajstić information content (AvgIpc) is 2.95. The number of rotatable bonds is 5. The molecule has 1 aliphatic heterocycles. The second-order valence-electron chi connectivity index (χ2n) is 6.19. The molecule has 118 valence electrons. The van der Waals surface area contributed by atoms with Crippen molar-refractivity contribution < 1.29 is 8.91 Å². The molecule has 1 aliphatic rings. The predicted molar refractivity (Wildman–Crippen MR) is 82.0 cm³/mol. The van der Waals surface area contributed by atoms with Crippen LogP contribution in [0.5, 0.6) is 0 Å². The highest BCUT2D eigenvalue weighted by Gasteiger charge is 2.19. The van der Waals surface area contributed by atoms with Crippen molar-refractivity contribution in [2.24, 2.45) is 5.92 Å². The van der Waals surface area contributed by atoms with Crippen molar-refractivity contribution in [1.82, 2.24) is 15.0 Å². The molecule has 0 unspecified atom stereocenters. The Kier molecular flexibility index (Phi) is 4.83. The number of hydrogen-bond donors (Lipinski definition) is 0. The lowest BCUT2D eigenvalue weighted by Crippen LogP contribution is -2.31. The van der Waals surface area contributed by atoms with Crippen molar-refractivity contribution >= 4 is 0 Å². The molecule has 2 aromatic rings. The molecule has 0 bridgehead atoms. The third-order valence-electron chi connectivity index (χ3n) is 4.34. The number of likely N-dealkylation sites (tertiary alicyclic amines) is 1. The lowest BCUT2D eigenvalue weighted by atomic mass is 9.94. The lowest BCUT2D eigenvalue weighted by molar-refractivity contribution is 0.216. The van der Waals surface area contributed by atoms with Crippen LogP contribution in [0.4, 0.5) is 4.39 Å². The monoisotopic (exact) mass is 303 g/mol. The first kappa shape index (κ1) is 15.2. The smallest absolute Gasteiger partial charge is 0.226 e. The minimum absolute atomic E-state index is 0.203. The van der Waals surface area contributed by atoms with Crippen molar-refractivity contribution in [2.75, 3.05) is 20.1 Å². The Morgan fingerprint density at radius 3 is 2.86 bits per heavy atom. The molecule has 0 aliphatic carbocycles. The van der Waals surface area contributed by atoms with E-state index in [0.717, 1.165) is 30.9 Å². The lowest BCUT2D eigenvalue weighted by Gasteiger charge is -2.27. The molecule has 5 heteroatoms. The minimum atomic E-state index is -0.203. The van der Waals surface area contributed by atoms with Crippen molar-refractivity contribution in [3.8, 4) is 0 Å². The van der Waals surface area contributed by atoms with Crippen LogP contribution in [0.1, 0.15) is 30.1 Å². The van der Waals surface area contributed by atoms with Gasteiger partial charge in [0.1, 0.15) is 5.82 Å². The highest BCUT2D eigenvalue weighted by atomic mass is 19.1. The molecule has 0 saturated carbocycles. The van der Waals surface area contributed by atoms with Crippen LogP contribution in [0.2, 0.25) is 0 Å². The predicted octanol–water partition coefficient (Wildman–Crippen LogP) is 2.88. The van der Waals surface area contributed by atoms with E-state index in [-0.39, 0.29) is 5.82 Å². The van der Waals surface area contributed by atoms with Crippen LogP contribution in [0.25, 0.3) is 0 Å². The molecule has 0 atom stereocenters. The largest absolute Gasteiger partial charge is 0.339 e. The summed E-state index contributed by atoms with van der Waals surface area (Å²) in [5.74, 6) is 1.91. The summed E-state index contributed by atoms with van der Waals surface area (Å²) in [6.45, 7) is 2.30. The van der Waals surface area contributed by atoms with Crippen LogP contribution in [0.3, 0.4) is 0 Å². The van der Waals surface area contributed by atoms with Crippen molar-refractivity contribution in [1.29, 1.82) is 0 Å². The van der Waals surface area contributed by atoms with Crippen molar-refractivity contribution in [2.45, 2.75) is 32.1 Å². The van der Waals surface area contributed by atoms with Gasteiger partial charge >= 0.3 is 0 Å². The molecule has 22 heavy (non-hydrogen) atoms. The van der Waals surface area contributed by atoms with Gasteiger partial charge in [-0.15, -0.1) is 0 Å². The second-order valence-corrected chi connectivity index (χ2v) is 6.19. The van der Waals surface area contributed by atoms with E-state index in [1.165, 1.54) is 18.9 Å². The number of piperidine rings is 1. The van der Waals surface area contributed by atoms with Gasteiger partial charge < -0.3 is 9.42 Å². The van der Waals surface area contributed by atoms with Crippen LogP contribution >= 0.6 is 0 Å². The number of halogens is 1. The zero-order valence-electron chi connectivity index (χ0n) is 13.0. The molecular formula is C17H22FN3O. The van der Waals surface area contributed by atoms with Crippen LogP contribution in [0.15, 0.2) is 28.8 Å². The van der Waals surface area contributed by atoms with Gasteiger partial charge in [0, 0.05) is 12.8 Å². The van der Waals surface area contributed by atoms with E-state index >= 15 is 0 Å². The van der Waals surface area contributed by atoms with Gasteiger partial charge in [-0.3, -0.25) is 0 Å². The van der Waals surface area contributed by atoms with Crippen LogP contribution in [0, 0.1) is 11.7 Å². The Hall–Kier alpha value is -1.75. The first-order valence-corrected chi connectivity index (χ1v) is 7.93. The van der Waals surface area contributed by atoms with E-state index < -0.39 is 0 Å². The van der Waals surface area contributed by atoms with Gasteiger partial charge in [0.15, 0.2) is 5.82 Å². The third-order valence-corrected chi connectivity index (χ3v) is 4.34. The van der Waals surface area contributed by atoms with E-state index in [2.05, 4.69) is 22.1 Å². The van der Waals surface area contributed by atoms with Gasteiger partial charge in [0.05, 0.1) is 0 Å². The number of nitrogens with zero attached hydrogens (tertiary/aromatic N) is 3. The van der Waals surface area contributed by atoms with E-state index in [9.17, 15) is 4.39 Å². The zero-order valence-corrected chi connectivity index (χ0v) is 13.0. The Balaban J connectivity index is 1.51. The van der Waals surface area contributed by atoms with Gasteiger partial charge in [-0.1, -0.05) is 17.3 Å². The fourth-order valence-electron chi connectivity index (χ4n) is 2.94. The SMILES string of the molecule is CN1CCC(Cc2noc(CCc3cccc(F)c3)n2)CC1. The summed E-state index contributed by atoms with van der Waals surface area (Å²) in [7, 11) is 2.16. The van der Waals surface area contributed by atoms with E-state index in [1.54, 1.807) is 12.1 Å².